The van der Waals surface area contributed by atoms with Crippen LogP contribution in [-0.2, 0) is 0 Å². The van der Waals surface area contributed by atoms with E-state index >= 15 is 0 Å². The molecule has 0 aliphatic carbocycles. The number of nitrogens with one attached hydrogen (secondary N) is 1. The van der Waals surface area contributed by atoms with Gasteiger partial charge in [0.1, 0.15) is 0 Å². The van der Waals surface area contributed by atoms with Gasteiger partial charge in [0.25, 0.3) is 0 Å². The third-order valence-corrected chi connectivity index (χ3v) is 2.73. The van der Waals surface area contributed by atoms with Gasteiger partial charge in [-0.25, -0.2) is 0 Å². The van der Waals surface area contributed by atoms with Crippen molar-refractivity contribution in [1.29, 1.82) is 0 Å². The summed E-state index contributed by atoms with van der Waals surface area (Å²) in [5.41, 5.74) is 1.41. The zero-order chi connectivity index (χ0) is 8.93. The van der Waals surface area contributed by atoms with E-state index in [0.717, 1.165) is 12.5 Å². The van der Waals surface area contributed by atoms with Crippen molar-refractivity contribution in [3.8, 4) is 0 Å². The Kier molecular flexibility index (Phi) is 2.93. The van der Waals surface area contributed by atoms with Gasteiger partial charge in [0.15, 0.2) is 0 Å². The summed E-state index contributed by atoms with van der Waals surface area (Å²) < 4.78 is 0. The van der Waals surface area contributed by atoms with Gasteiger partial charge in [-0.2, -0.15) is 0 Å². The SMILES string of the molecule is c1cncc(C2CCCNCC2)c1. The van der Waals surface area contributed by atoms with Gasteiger partial charge in [-0.1, -0.05) is 6.07 Å². The van der Waals surface area contributed by atoms with E-state index in [4.69, 9.17) is 0 Å². The summed E-state index contributed by atoms with van der Waals surface area (Å²) in [6.07, 6.45) is 7.71. The van der Waals surface area contributed by atoms with Crippen LogP contribution in [0.3, 0.4) is 0 Å². The molecule has 2 nitrogen and oxygen atoms in total. The van der Waals surface area contributed by atoms with Crippen LogP contribution in [-0.4, -0.2) is 18.1 Å². The number of pyridine rings is 1. The largest absolute Gasteiger partial charge is 0.317 e. The zero-order valence-corrected chi connectivity index (χ0v) is 7.87. The van der Waals surface area contributed by atoms with Crippen LogP contribution in [0.2, 0.25) is 0 Å². The van der Waals surface area contributed by atoms with Crippen molar-refractivity contribution in [3.63, 3.8) is 0 Å². The van der Waals surface area contributed by atoms with Gasteiger partial charge in [-0.3, -0.25) is 4.98 Å². The van der Waals surface area contributed by atoms with Gasteiger partial charge < -0.3 is 5.32 Å². The predicted molar refractivity (Wildman–Crippen MR) is 53.7 cm³/mol. The topological polar surface area (TPSA) is 24.9 Å². The van der Waals surface area contributed by atoms with Crippen molar-refractivity contribution >= 4 is 0 Å². The monoisotopic (exact) mass is 176 g/mol. The number of nitrogens with zero attached hydrogens (tertiary/aromatic N) is 1. The molecule has 1 aromatic rings. The summed E-state index contributed by atoms with van der Waals surface area (Å²) in [4.78, 5) is 4.17. The fourth-order valence-electron chi connectivity index (χ4n) is 1.97. The second kappa shape index (κ2) is 4.38. The Morgan fingerprint density at radius 1 is 1.31 bits per heavy atom. The molecule has 2 heteroatoms. The van der Waals surface area contributed by atoms with Crippen LogP contribution in [0.25, 0.3) is 0 Å². The molecule has 1 saturated heterocycles. The van der Waals surface area contributed by atoms with Crippen LogP contribution in [0.4, 0.5) is 0 Å². The lowest BCUT2D eigenvalue weighted by Crippen LogP contribution is -2.13. The van der Waals surface area contributed by atoms with Crippen LogP contribution in [0.1, 0.15) is 30.7 Å². The fourth-order valence-corrected chi connectivity index (χ4v) is 1.97. The molecule has 0 amide bonds. The van der Waals surface area contributed by atoms with Crippen LogP contribution in [0.15, 0.2) is 24.5 Å². The van der Waals surface area contributed by atoms with Crippen LogP contribution >= 0.6 is 0 Å². The minimum absolute atomic E-state index is 0.726. The summed E-state index contributed by atoms with van der Waals surface area (Å²) >= 11 is 0. The summed E-state index contributed by atoms with van der Waals surface area (Å²) in [5.74, 6) is 0.726. The Hall–Kier alpha value is -0.890. The molecule has 1 aromatic heterocycles. The molecule has 2 heterocycles. The van der Waals surface area contributed by atoms with Gasteiger partial charge in [-0.15, -0.1) is 0 Å². The molecule has 0 spiro atoms. The third-order valence-electron chi connectivity index (χ3n) is 2.73. The molecule has 0 saturated carbocycles. The van der Waals surface area contributed by atoms with Gasteiger partial charge in [-0.05, 0) is 49.9 Å². The molecule has 1 N–H and O–H groups in total. The lowest BCUT2D eigenvalue weighted by molar-refractivity contribution is 0.607. The summed E-state index contributed by atoms with van der Waals surface area (Å²) in [7, 11) is 0. The smallest absolute Gasteiger partial charge is 0.0302 e. The van der Waals surface area contributed by atoms with Crippen LogP contribution < -0.4 is 5.32 Å². The molecule has 2 rings (SSSR count). The molecule has 0 aromatic carbocycles. The number of aromatic nitrogens is 1. The van der Waals surface area contributed by atoms with Crippen molar-refractivity contribution in [2.24, 2.45) is 0 Å². The highest BCUT2D eigenvalue weighted by molar-refractivity contribution is 5.14. The lowest BCUT2D eigenvalue weighted by Gasteiger charge is -2.12. The average Bonchev–Trinajstić information content (AvgIpc) is 2.47. The van der Waals surface area contributed by atoms with Crippen molar-refractivity contribution in [2.75, 3.05) is 13.1 Å². The van der Waals surface area contributed by atoms with E-state index in [-0.39, 0.29) is 0 Å². The first-order valence-electron chi connectivity index (χ1n) is 5.07. The van der Waals surface area contributed by atoms with Crippen LogP contribution in [0.5, 0.6) is 0 Å². The highest BCUT2D eigenvalue weighted by Gasteiger charge is 2.13. The molecule has 70 valence electrons. The quantitative estimate of drug-likeness (QED) is 0.707. The van der Waals surface area contributed by atoms with Crippen molar-refractivity contribution < 1.29 is 0 Å². The Morgan fingerprint density at radius 3 is 3.15 bits per heavy atom. The van der Waals surface area contributed by atoms with E-state index in [1.807, 2.05) is 18.5 Å². The fraction of sp³-hybridized carbons (Fsp3) is 0.545. The Morgan fingerprint density at radius 2 is 2.31 bits per heavy atom. The first-order valence-corrected chi connectivity index (χ1v) is 5.07. The molecule has 1 aliphatic heterocycles. The van der Waals surface area contributed by atoms with Crippen molar-refractivity contribution in [3.05, 3.63) is 30.1 Å². The average molecular weight is 176 g/mol. The van der Waals surface area contributed by atoms with Gasteiger partial charge in [0, 0.05) is 12.4 Å². The molecular weight excluding hydrogens is 160 g/mol. The summed E-state index contributed by atoms with van der Waals surface area (Å²) in [5, 5.41) is 3.43. The molecule has 0 bridgehead atoms. The molecule has 1 aliphatic rings. The van der Waals surface area contributed by atoms with Gasteiger partial charge in [0.2, 0.25) is 0 Å². The van der Waals surface area contributed by atoms with Crippen molar-refractivity contribution in [2.45, 2.75) is 25.2 Å². The maximum Gasteiger partial charge on any atom is 0.0302 e. The number of rotatable bonds is 1. The third kappa shape index (κ3) is 2.28. The molecular formula is C11H16N2. The first kappa shape index (κ1) is 8.70. The molecule has 1 fully saturated rings. The number of hydrogen-bond acceptors (Lipinski definition) is 2. The molecule has 0 radical (unpaired) electrons. The highest BCUT2D eigenvalue weighted by atomic mass is 14.8. The van der Waals surface area contributed by atoms with E-state index in [1.54, 1.807) is 0 Å². The van der Waals surface area contributed by atoms with E-state index in [1.165, 1.54) is 31.4 Å². The molecule has 1 unspecified atom stereocenters. The second-order valence-electron chi connectivity index (χ2n) is 3.66. The minimum Gasteiger partial charge on any atom is -0.317 e. The highest BCUT2D eigenvalue weighted by Crippen LogP contribution is 2.24. The minimum atomic E-state index is 0.726. The maximum atomic E-state index is 4.17. The maximum absolute atomic E-state index is 4.17. The molecule has 1 atom stereocenters. The first-order chi connectivity index (χ1) is 6.47. The number of hydrogen-bond donors (Lipinski definition) is 1. The van der Waals surface area contributed by atoms with Gasteiger partial charge in [0.05, 0.1) is 0 Å². The van der Waals surface area contributed by atoms with E-state index in [9.17, 15) is 0 Å². The van der Waals surface area contributed by atoms with Crippen LogP contribution in [0, 0.1) is 0 Å². The van der Waals surface area contributed by atoms with Gasteiger partial charge >= 0.3 is 0 Å². The standard InChI is InChI=1S/C11H16N2/c1-3-10(5-8-12-6-1)11-4-2-7-13-9-11/h2,4,7,9-10,12H,1,3,5-6,8H2. The Balaban J connectivity index is 2.06. The zero-order valence-electron chi connectivity index (χ0n) is 7.87. The summed E-state index contributed by atoms with van der Waals surface area (Å²) in [6.45, 7) is 2.33. The normalized spacial score (nSPS) is 23.8. The summed E-state index contributed by atoms with van der Waals surface area (Å²) in [6, 6.07) is 4.23. The Labute approximate surface area is 79.4 Å². The Bertz CT molecular complexity index is 238. The van der Waals surface area contributed by atoms with E-state index in [2.05, 4.69) is 16.4 Å². The van der Waals surface area contributed by atoms with Crippen molar-refractivity contribution in [1.82, 2.24) is 10.3 Å². The predicted octanol–water partition coefficient (Wildman–Crippen LogP) is 1.94. The van der Waals surface area contributed by atoms with E-state index < -0.39 is 0 Å². The molecule has 13 heavy (non-hydrogen) atoms. The second-order valence-corrected chi connectivity index (χ2v) is 3.66. The van der Waals surface area contributed by atoms with E-state index in [0.29, 0.717) is 0 Å². The lowest BCUT2D eigenvalue weighted by atomic mass is 9.93.